The van der Waals surface area contributed by atoms with E-state index >= 15 is 0 Å². The maximum absolute atomic E-state index is 12.5. The van der Waals surface area contributed by atoms with Gasteiger partial charge in [-0.2, -0.15) is 0 Å². The molecule has 1 amide bonds. The molecule has 0 saturated carbocycles. The number of amides is 1. The maximum atomic E-state index is 12.5. The van der Waals surface area contributed by atoms with E-state index in [1.165, 1.54) is 0 Å². The van der Waals surface area contributed by atoms with Crippen molar-refractivity contribution in [3.63, 3.8) is 0 Å². The zero-order valence-corrected chi connectivity index (χ0v) is 19.7. The topological polar surface area (TPSA) is 122 Å². The van der Waals surface area contributed by atoms with Crippen molar-refractivity contribution in [3.8, 4) is 22.6 Å². The molecular formula is C24H33Cl2N3O3. The Labute approximate surface area is 202 Å². The Morgan fingerprint density at radius 1 is 1.06 bits per heavy atom. The lowest BCUT2D eigenvalue weighted by Gasteiger charge is -2.17. The van der Waals surface area contributed by atoms with Gasteiger partial charge in [0.1, 0.15) is 11.5 Å². The van der Waals surface area contributed by atoms with E-state index in [1.54, 1.807) is 36.4 Å². The standard InChI is InChI=1S/C24H31N3O3.2ClH/c1-3-7-16-13-19(17-10-11-22(28)18(15-17)8-4-2)23(29)21(14-16)27-24(30)20(26)9-5-6-12-25;;/h3-4,10-11,13-15,20,28-29H,1-2,5-9,12,25-26H2,(H,27,30);2*1H/t20-;;/m1../s1. The minimum Gasteiger partial charge on any atom is -0.508 e. The van der Waals surface area contributed by atoms with Gasteiger partial charge in [0, 0.05) is 5.56 Å². The number of rotatable bonds is 11. The first-order chi connectivity index (χ1) is 14.4. The second kappa shape index (κ2) is 14.5. The summed E-state index contributed by atoms with van der Waals surface area (Å²) in [6.45, 7) is 8.03. The van der Waals surface area contributed by atoms with Gasteiger partial charge in [-0.15, -0.1) is 38.0 Å². The van der Waals surface area contributed by atoms with E-state index in [0.29, 0.717) is 42.6 Å². The third-order valence-corrected chi connectivity index (χ3v) is 4.87. The summed E-state index contributed by atoms with van der Waals surface area (Å²) in [5.41, 5.74) is 14.6. The molecule has 176 valence electrons. The van der Waals surface area contributed by atoms with Crippen molar-refractivity contribution in [2.75, 3.05) is 11.9 Å². The smallest absolute Gasteiger partial charge is 0.241 e. The van der Waals surface area contributed by atoms with Crippen LogP contribution in [0.2, 0.25) is 0 Å². The van der Waals surface area contributed by atoms with Crippen molar-refractivity contribution >= 4 is 36.4 Å². The van der Waals surface area contributed by atoms with Crippen molar-refractivity contribution in [1.29, 1.82) is 0 Å². The van der Waals surface area contributed by atoms with Gasteiger partial charge in [-0.25, -0.2) is 0 Å². The van der Waals surface area contributed by atoms with Gasteiger partial charge in [-0.05, 0) is 73.2 Å². The number of allylic oxidation sites excluding steroid dienone is 2. The van der Waals surface area contributed by atoms with E-state index in [2.05, 4.69) is 18.5 Å². The number of aromatic hydroxyl groups is 2. The summed E-state index contributed by atoms with van der Waals surface area (Å²) in [6, 6.07) is 7.98. The van der Waals surface area contributed by atoms with Crippen LogP contribution in [0.15, 0.2) is 55.6 Å². The van der Waals surface area contributed by atoms with Crippen LogP contribution in [-0.4, -0.2) is 28.7 Å². The molecule has 7 N–H and O–H groups in total. The van der Waals surface area contributed by atoms with Crippen LogP contribution in [0, 0.1) is 0 Å². The molecule has 0 fully saturated rings. The number of hydrogen-bond acceptors (Lipinski definition) is 5. The molecule has 32 heavy (non-hydrogen) atoms. The van der Waals surface area contributed by atoms with Crippen molar-refractivity contribution in [1.82, 2.24) is 0 Å². The molecule has 2 aromatic carbocycles. The first-order valence-electron chi connectivity index (χ1n) is 10.1. The van der Waals surface area contributed by atoms with Crippen LogP contribution in [0.5, 0.6) is 11.5 Å². The molecular weight excluding hydrogens is 449 g/mol. The molecule has 6 nitrogen and oxygen atoms in total. The minimum absolute atomic E-state index is 0. The number of unbranched alkanes of at least 4 members (excludes halogenated alkanes) is 1. The SMILES string of the molecule is C=CCc1cc(NC(=O)[C@H](N)CCCCN)c(O)c(-c2ccc(O)c(CC=C)c2)c1.Cl.Cl. The number of phenols is 2. The number of carbonyl (C=O) groups is 1. The second-order valence-electron chi connectivity index (χ2n) is 7.25. The average molecular weight is 482 g/mol. The van der Waals surface area contributed by atoms with Gasteiger partial charge in [0.2, 0.25) is 5.91 Å². The number of benzene rings is 2. The Balaban J connectivity index is 0.00000480. The Bertz CT molecular complexity index is 920. The van der Waals surface area contributed by atoms with E-state index in [4.69, 9.17) is 11.5 Å². The normalized spacial score (nSPS) is 10.9. The van der Waals surface area contributed by atoms with Crippen LogP contribution in [0.25, 0.3) is 11.1 Å². The molecule has 0 saturated heterocycles. The summed E-state index contributed by atoms with van der Waals surface area (Å²) in [7, 11) is 0. The van der Waals surface area contributed by atoms with E-state index in [-0.39, 0.29) is 42.2 Å². The lowest BCUT2D eigenvalue weighted by Crippen LogP contribution is -2.35. The minimum atomic E-state index is -0.685. The number of hydrogen-bond donors (Lipinski definition) is 5. The highest BCUT2D eigenvalue weighted by Crippen LogP contribution is 2.38. The number of nitrogens with two attached hydrogens (primary N) is 2. The van der Waals surface area contributed by atoms with E-state index in [9.17, 15) is 15.0 Å². The summed E-state index contributed by atoms with van der Waals surface area (Å²) in [5, 5.41) is 23.7. The second-order valence-corrected chi connectivity index (χ2v) is 7.25. The first kappa shape index (κ1) is 29.5. The van der Waals surface area contributed by atoms with E-state index in [1.807, 2.05) is 6.07 Å². The molecule has 8 heteroatoms. The molecule has 0 aliphatic carbocycles. The van der Waals surface area contributed by atoms with Gasteiger partial charge in [0.05, 0.1) is 11.7 Å². The van der Waals surface area contributed by atoms with Crippen molar-refractivity contribution in [2.45, 2.75) is 38.1 Å². The van der Waals surface area contributed by atoms with Crippen LogP contribution < -0.4 is 16.8 Å². The number of anilines is 1. The van der Waals surface area contributed by atoms with Gasteiger partial charge in [-0.1, -0.05) is 24.6 Å². The average Bonchev–Trinajstić information content (AvgIpc) is 2.72. The number of halogens is 2. The molecule has 0 spiro atoms. The largest absolute Gasteiger partial charge is 0.508 e. The molecule has 2 rings (SSSR count). The quantitative estimate of drug-likeness (QED) is 0.184. The Morgan fingerprint density at radius 3 is 2.38 bits per heavy atom. The van der Waals surface area contributed by atoms with Crippen LogP contribution in [0.3, 0.4) is 0 Å². The van der Waals surface area contributed by atoms with Crippen LogP contribution >= 0.6 is 24.8 Å². The molecule has 2 aromatic rings. The molecule has 0 aliphatic rings. The molecule has 0 bridgehead atoms. The Morgan fingerprint density at radius 2 is 1.75 bits per heavy atom. The van der Waals surface area contributed by atoms with Crippen molar-refractivity contribution in [3.05, 3.63) is 66.8 Å². The highest BCUT2D eigenvalue weighted by atomic mass is 35.5. The summed E-state index contributed by atoms with van der Waals surface area (Å²) in [6.07, 6.45) is 6.60. The number of phenolic OH excluding ortho intramolecular Hbond substituents is 2. The summed E-state index contributed by atoms with van der Waals surface area (Å²) in [5.74, 6) is -0.250. The summed E-state index contributed by atoms with van der Waals surface area (Å²) < 4.78 is 0. The zero-order chi connectivity index (χ0) is 22.1. The number of nitrogens with one attached hydrogen (secondary N) is 1. The fourth-order valence-corrected chi connectivity index (χ4v) is 3.23. The number of carbonyl (C=O) groups excluding carboxylic acids is 1. The molecule has 0 aromatic heterocycles. The van der Waals surface area contributed by atoms with Gasteiger partial charge < -0.3 is 27.0 Å². The van der Waals surface area contributed by atoms with Crippen LogP contribution in [0.4, 0.5) is 5.69 Å². The summed E-state index contributed by atoms with van der Waals surface area (Å²) >= 11 is 0. The molecule has 0 unspecified atom stereocenters. The highest BCUT2D eigenvalue weighted by Gasteiger charge is 2.18. The predicted octanol–water partition coefficient (Wildman–Crippen LogP) is 4.46. The third kappa shape index (κ3) is 7.88. The fraction of sp³-hybridized carbons (Fsp3) is 0.292. The van der Waals surface area contributed by atoms with Crippen LogP contribution in [0.1, 0.15) is 30.4 Å². The maximum Gasteiger partial charge on any atom is 0.241 e. The monoisotopic (exact) mass is 481 g/mol. The summed E-state index contributed by atoms with van der Waals surface area (Å²) in [4.78, 5) is 12.5. The van der Waals surface area contributed by atoms with Crippen molar-refractivity contribution in [2.24, 2.45) is 11.5 Å². The lowest BCUT2D eigenvalue weighted by molar-refractivity contribution is -0.117. The third-order valence-electron chi connectivity index (χ3n) is 4.87. The lowest BCUT2D eigenvalue weighted by atomic mass is 9.96. The fourth-order valence-electron chi connectivity index (χ4n) is 3.23. The van der Waals surface area contributed by atoms with Gasteiger partial charge >= 0.3 is 0 Å². The van der Waals surface area contributed by atoms with Crippen molar-refractivity contribution < 1.29 is 15.0 Å². The molecule has 0 radical (unpaired) electrons. The van der Waals surface area contributed by atoms with Crippen LogP contribution in [-0.2, 0) is 17.6 Å². The Kier molecular flexibility index (Phi) is 13.4. The van der Waals surface area contributed by atoms with Gasteiger partial charge in [-0.3, -0.25) is 4.79 Å². The first-order valence-corrected chi connectivity index (χ1v) is 10.1. The van der Waals surface area contributed by atoms with E-state index in [0.717, 1.165) is 24.0 Å². The molecule has 0 aliphatic heterocycles. The van der Waals surface area contributed by atoms with Gasteiger partial charge in [0.25, 0.3) is 0 Å². The highest BCUT2D eigenvalue weighted by molar-refractivity contribution is 5.97. The van der Waals surface area contributed by atoms with E-state index < -0.39 is 6.04 Å². The molecule has 1 atom stereocenters. The zero-order valence-electron chi connectivity index (χ0n) is 18.0. The predicted molar refractivity (Wildman–Crippen MR) is 137 cm³/mol. The molecule has 0 heterocycles. The Hall–Kier alpha value is -2.51. The van der Waals surface area contributed by atoms with Gasteiger partial charge in [0.15, 0.2) is 0 Å².